The van der Waals surface area contributed by atoms with Gasteiger partial charge in [0.2, 0.25) is 0 Å². The second-order valence-electron chi connectivity index (χ2n) is 1.70. The highest BCUT2D eigenvalue weighted by Gasteiger charge is 1.87. The molecule has 1 heterocycles. The molecule has 0 bridgehead atoms. The van der Waals surface area contributed by atoms with Gasteiger partial charge in [-0.05, 0) is 32.0 Å². The Labute approximate surface area is 44.4 Å². The van der Waals surface area contributed by atoms with Crippen LogP contribution in [-0.4, -0.2) is 13.1 Å². The quantitative estimate of drug-likeness (QED) is 0.468. The van der Waals surface area contributed by atoms with E-state index >= 15 is 0 Å². The maximum absolute atomic E-state index is 3.25. The lowest BCUT2D eigenvalue weighted by Crippen LogP contribution is -2.13. The van der Waals surface area contributed by atoms with Crippen LogP contribution in [0.2, 0.25) is 0 Å². The summed E-state index contributed by atoms with van der Waals surface area (Å²) in [6, 6.07) is 0. The average molecular weight is 96.2 g/mol. The molecule has 0 aromatic carbocycles. The Morgan fingerprint density at radius 1 is 1.43 bits per heavy atom. The minimum absolute atomic E-state index is 1.08. The van der Waals surface area contributed by atoms with E-state index in [0.29, 0.717) is 0 Å². The first-order valence-corrected chi connectivity index (χ1v) is 2.76. The second-order valence-corrected chi connectivity index (χ2v) is 1.70. The summed E-state index contributed by atoms with van der Waals surface area (Å²) < 4.78 is 0. The summed E-state index contributed by atoms with van der Waals surface area (Å²) in [7, 11) is 0. The Hall–Kier alpha value is -0.300. The van der Waals surface area contributed by atoms with E-state index in [9.17, 15) is 0 Å². The zero-order valence-corrected chi connectivity index (χ0v) is 4.41. The zero-order valence-electron chi connectivity index (χ0n) is 4.41. The zero-order chi connectivity index (χ0) is 4.95. The van der Waals surface area contributed by atoms with Crippen LogP contribution in [0, 0.1) is 6.08 Å². The topological polar surface area (TPSA) is 12.0 Å². The van der Waals surface area contributed by atoms with Crippen molar-refractivity contribution in [2.75, 3.05) is 13.1 Å². The molecule has 1 aliphatic heterocycles. The van der Waals surface area contributed by atoms with Crippen LogP contribution >= 0.6 is 0 Å². The van der Waals surface area contributed by atoms with Crippen molar-refractivity contribution in [3.05, 3.63) is 12.2 Å². The van der Waals surface area contributed by atoms with E-state index < -0.39 is 0 Å². The number of hydrogen-bond acceptors (Lipinski definition) is 1. The molecule has 1 nitrogen and oxygen atoms in total. The minimum Gasteiger partial charge on any atom is -0.316 e. The fourth-order valence-corrected chi connectivity index (χ4v) is 0.664. The van der Waals surface area contributed by atoms with Gasteiger partial charge in [0.05, 0.1) is 0 Å². The van der Waals surface area contributed by atoms with Crippen molar-refractivity contribution in [1.82, 2.24) is 5.32 Å². The van der Waals surface area contributed by atoms with Gasteiger partial charge in [-0.2, -0.15) is 0 Å². The van der Waals surface area contributed by atoms with Crippen LogP contribution in [0.1, 0.15) is 12.8 Å². The van der Waals surface area contributed by atoms with Crippen LogP contribution in [0.15, 0.2) is 6.08 Å². The van der Waals surface area contributed by atoms with Gasteiger partial charge in [-0.1, -0.05) is 6.08 Å². The van der Waals surface area contributed by atoms with Gasteiger partial charge in [-0.15, -0.1) is 0 Å². The molecule has 39 valence electrons. The lowest BCUT2D eigenvalue weighted by atomic mass is 10.4. The third-order valence-corrected chi connectivity index (χ3v) is 1.06. The molecule has 0 atom stereocenters. The van der Waals surface area contributed by atoms with Gasteiger partial charge >= 0.3 is 0 Å². The molecule has 0 aromatic heterocycles. The Kier molecular flexibility index (Phi) is 1.94. The fourth-order valence-electron chi connectivity index (χ4n) is 0.664. The highest BCUT2D eigenvalue weighted by molar-refractivity contribution is 4.78. The summed E-state index contributed by atoms with van der Waals surface area (Å²) in [5, 5.41) is 3.25. The lowest BCUT2D eigenvalue weighted by Gasteiger charge is -1.91. The normalized spacial score (nSPS) is 21.7. The average Bonchev–Trinajstić information content (AvgIpc) is 1.90. The van der Waals surface area contributed by atoms with E-state index in [4.69, 9.17) is 0 Å². The first-order valence-electron chi connectivity index (χ1n) is 2.76. The van der Waals surface area contributed by atoms with Crippen molar-refractivity contribution in [1.29, 1.82) is 0 Å². The van der Waals surface area contributed by atoms with Crippen LogP contribution in [0.4, 0.5) is 0 Å². The highest BCUT2D eigenvalue weighted by Crippen LogP contribution is 1.87. The lowest BCUT2D eigenvalue weighted by molar-refractivity contribution is 0.714. The standard InChI is InChI=1S/C6H10N/c1-2-4-6-7-5-3-1/h1,7H,3-6H2. The third-order valence-electron chi connectivity index (χ3n) is 1.06. The van der Waals surface area contributed by atoms with Crippen molar-refractivity contribution in [3.63, 3.8) is 0 Å². The Balaban J connectivity index is 2.20. The minimum atomic E-state index is 1.08. The molecule has 0 aliphatic carbocycles. The van der Waals surface area contributed by atoms with E-state index in [0.717, 1.165) is 25.9 Å². The van der Waals surface area contributed by atoms with Crippen molar-refractivity contribution in [3.8, 4) is 0 Å². The molecule has 0 saturated carbocycles. The molecular formula is C6H10N. The summed E-state index contributed by atoms with van der Waals surface area (Å²) >= 11 is 0. The van der Waals surface area contributed by atoms with Crippen LogP contribution in [0.5, 0.6) is 0 Å². The van der Waals surface area contributed by atoms with Gasteiger partial charge < -0.3 is 5.32 Å². The van der Waals surface area contributed by atoms with E-state index in [1.165, 1.54) is 0 Å². The number of rotatable bonds is 0. The monoisotopic (exact) mass is 96.1 g/mol. The van der Waals surface area contributed by atoms with E-state index in [2.05, 4.69) is 17.5 Å². The van der Waals surface area contributed by atoms with Crippen molar-refractivity contribution in [2.45, 2.75) is 12.8 Å². The van der Waals surface area contributed by atoms with Gasteiger partial charge in [0.1, 0.15) is 0 Å². The van der Waals surface area contributed by atoms with Crippen LogP contribution in [0.25, 0.3) is 0 Å². The molecule has 1 heteroatoms. The largest absolute Gasteiger partial charge is 0.316 e. The Morgan fingerprint density at radius 3 is 3.43 bits per heavy atom. The van der Waals surface area contributed by atoms with E-state index in [-0.39, 0.29) is 0 Å². The second kappa shape index (κ2) is 2.80. The Bertz CT molecular complexity index is 58.6. The van der Waals surface area contributed by atoms with Crippen LogP contribution in [0.3, 0.4) is 0 Å². The fraction of sp³-hybridized carbons (Fsp3) is 0.667. The molecule has 0 saturated heterocycles. The first-order chi connectivity index (χ1) is 3.50. The maximum atomic E-state index is 3.25. The summed E-state index contributed by atoms with van der Waals surface area (Å²) in [4.78, 5) is 0. The van der Waals surface area contributed by atoms with Gasteiger partial charge in [0, 0.05) is 0 Å². The van der Waals surface area contributed by atoms with Gasteiger partial charge in [0.15, 0.2) is 0 Å². The Morgan fingerprint density at radius 2 is 2.43 bits per heavy atom. The van der Waals surface area contributed by atoms with Gasteiger partial charge in [-0.3, -0.25) is 0 Å². The number of nitrogens with one attached hydrogen (secondary N) is 1. The first kappa shape index (κ1) is 4.85. The molecule has 1 aliphatic rings. The summed E-state index contributed by atoms with van der Waals surface area (Å²) in [5.74, 6) is 0. The summed E-state index contributed by atoms with van der Waals surface area (Å²) in [6.07, 6.45) is 7.51. The number of hydrogen-bond donors (Lipinski definition) is 1. The molecule has 0 unspecified atom stereocenters. The molecule has 0 fully saturated rings. The summed E-state index contributed by atoms with van der Waals surface area (Å²) in [5.41, 5.74) is 0. The maximum Gasteiger partial charge on any atom is -0.000824 e. The molecule has 7 heavy (non-hydrogen) atoms. The molecule has 0 aromatic rings. The predicted molar refractivity (Wildman–Crippen MR) is 29.9 cm³/mol. The molecule has 0 amide bonds. The van der Waals surface area contributed by atoms with E-state index in [1.54, 1.807) is 0 Å². The van der Waals surface area contributed by atoms with Crippen molar-refractivity contribution >= 4 is 0 Å². The molecule has 0 spiro atoms. The van der Waals surface area contributed by atoms with Crippen LogP contribution in [-0.2, 0) is 0 Å². The SMILES string of the molecule is [C]1=CCCNCC1. The van der Waals surface area contributed by atoms with Crippen LogP contribution < -0.4 is 5.32 Å². The smallest absolute Gasteiger partial charge is 0.000824 e. The predicted octanol–water partition coefficient (Wildman–Crippen LogP) is 0.729. The van der Waals surface area contributed by atoms with Gasteiger partial charge in [-0.25, -0.2) is 0 Å². The van der Waals surface area contributed by atoms with Crippen molar-refractivity contribution in [2.24, 2.45) is 0 Å². The van der Waals surface area contributed by atoms with Gasteiger partial charge in [0.25, 0.3) is 0 Å². The molecule has 1 rings (SSSR count). The third kappa shape index (κ3) is 1.74. The highest BCUT2D eigenvalue weighted by atomic mass is 14.8. The molecule has 1 N–H and O–H groups in total. The summed E-state index contributed by atoms with van der Waals surface area (Å²) in [6.45, 7) is 2.24. The van der Waals surface area contributed by atoms with Crippen molar-refractivity contribution < 1.29 is 0 Å². The molecule has 1 radical (unpaired) electrons. The van der Waals surface area contributed by atoms with E-state index in [1.807, 2.05) is 0 Å². The molecular weight excluding hydrogens is 86.1 g/mol.